The highest BCUT2D eigenvalue weighted by Crippen LogP contribution is 2.22. The number of likely N-dealkylation sites (tertiary alicyclic amines) is 1. The van der Waals surface area contributed by atoms with Crippen LogP contribution in [0.1, 0.15) is 32.8 Å². The second kappa shape index (κ2) is 9.32. The van der Waals surface area contributed by atoms with Crippen molar-refractivity contribution in [1.82, 2.24) is 30.4 Å². The maximum Gasteiger partial charge on any atom is 0.233 e. The summed E-state index contributed by atoms with van der Waals surface area (Å²) in [7, 11) is 0. The summed E-state index contributed by atoms with van der Waals surface area (Å²) in [4.78, 5) is 15.0. The van der Waals surface area contributed by atoms with Crippen LogP contribution in [0, 0.1) is 5.92 Å². The van der Waals surface area contributed by atoms with Gasteiger partial charge in [0.1, 0.15) is 0 Å². The van der Waals surface area contributed by atoms with Gasteiger partial charge < -0.3 is 5.32 Å². The normalized spacial score (nSPS) is 18.7. The molecular formula is C19H28N6OS. The molecule has 7 nitrogen and oxygen atoms in total. The second-order valence-corrected chi connectivity index (χ2v) is 8.82. The van der Waals surface area contributed by atoms with Gasteiger partial charge in [-0.3, -0.25) is 9.69 Å². The van der Waals surface area contributed by atoms with E-state index >= 15 is 0 Å². The molecular weight excluding hydrogens is 360 g/mol. The van der Waals surface area contributed by atoms with Gasteiger partial charge in [0.2, 0.25) is 11.1 Å². The quantitative estimate of drug-likeness (QED) is 0.699. The number of carbonyl (C=O) groups excluding carboxylic acids is 1. The van der Waals surface area contributed by atoms with Crippen LogP contribution in [0.25, 0.3) is 0 Å². The third-order valence-electron chi connectivity index (χ3n) is 4.56. The minimum absolute atomic E-state index is 0.0469. The van der Waals surface area contributed by atoms with Gasteiger partial charge in [-0.15, -0.1) is 5.10 Å². The lowest BCUT2D eigenvalue weighted by Crippen LogP contribution is -2.40. The Hall–Kier alpha value is -1.93. The SMILES string of the molecule is CC(C)Cn1nnnc1SC(C)C(=O)NC1CCN(Cc2ccccc2)C1. The van der Waals surface area contributed by atoms with Gasteiger partial charge in [0.25, 0.3) is 0 Å². The molecule has 0 aliphatic carbocycles. The molecule has 0 saturated carbocycles. The van der Waals surface area contributed by atoms with Crippen LogP contribution in [0.5, 0.6) is 0 Å². The van der Waals surface area contributed by atoms with Gasteiger partial charge in [0.05, 0.1) is 5.25 Å². The van der Waals surface area contributed by atoms with Crippen LogP contribution in [-0.2, 0) is 17.9 Å². The van der Waals surface area contributed by atoms with E-state index in [4.69, 9.17) is 0 Å². The Morgan fingerprint density at radius 1 is 1.30 bits per heavy atom. The zero-order valence-corrected chi connectivity index (χ0v) is 17.0. The number of hydrogen-bond donors (Lipinski definition) is 1. The summed E-state index contributed by atoms with van der Waals surface area (Å²) >= 11 is 1.41. The Bertz CT molecular complexity index is 735. The lowest BCUT2D eigenvalue weighted by atomic mass is 10.2. The van der Waals surface area contributed by atoms with Crippen LogP contribution in [0.3, 0.4) is 0 Å². The van der Waals surface area contributed by atoms with Crippen LogP contribution < -0.4 is 5.32 Å². The Morgan fingerprint density at radius 3 is 2.81 bits per heavy atom. The van der Waals surface area contributed by atoms with Gasteiger partial charge >= 0.3 is 0 Å². The van der Waals surface area contributed by atoms with Crippen molar-refractivity contribution < 1.29 is 4.79 Å². The van der Waals surface area contributed by atoms with Gasteiger partial charge in [-0.25, -0.2) is 4.68 Å². The maximum atomic E-state index is 12.6. The van der Waals surface area contributed by atoms with E-state index in [2.05, 4.69) is 63.9 Å². The molecule has 2 aromatic rings. The fraction of sp³-hybridized carbons (Fsp3) is 0.579. The van der Waals surface area contributed by atoms with Crippen LogP contribution in [-0.4, -0.2) is 55.4 Å². The summed E-state index contributed by atoms with van der Waals surface area (Å²) in [6.45, 7) is 9.73. The molecule has 0 radical (unpaired) electrons. The maximum absolute atomic E-state index is 12.6. The number of nitrogens with one attached hydrogen (secondary N) is 1. The smallest absolute Gasteiger partial charge is 0.233 e. The molecule has 0 bridgehead atoms. The number of aromatic nitrogens is 4. The highest BCUT2D eigenvalue weighted by molar-refractivity contribution is 8.00. The number of hydrogen-bond acceptors (Lipinski definition) is 6. The van der Waals surface area contributed by atoms with E-state index in [9.17, 15) is 4.79 Å². The largest absolute Gasteiger partial charge is 0.351 e. The van der Waals surface area contributed by atoms with E-state index in [-0.39, 0.29) is 17.2 Å². The molecule has 1 aromatic carbocycles. The second-order valence-electron chi connectivity index (χ2n) is 7.51. The van der Waals surface area contributed by atoms with E-state index in [1.54, 1.807) is 4.68 Å². The monoisotopic (exact) mass is 388 g/mol. The van der Waals surface area contributed by atoms with Crippen molar-refractivity contribution in [3.8, 4) is 0 Å². The highest BCUT2D eigenvalue weighted by Gasteiger charge is 2.26. The number of nitrogens with zero attached hydrogens (tertiary/aromatic N) is 5. The molecule has 1 fully saturated rings. The average Bonchev–Trinajstić information content (AvgIpc) is 3.25. The fourth-order valence-corrected chi connectivity index (χ4v) is 4.01. The minimum atomic E-state index is -0.231. The molecule has 2 heterocycles. The predicted molar refractivity (Wildman–Crippen MR) is 106 cm³/mol. The standard InChI is InChI=1S/C19H28N6OS/c1-14(2)11-25-19(21-22-23-25)27-15(3)18(26)20-17-9-10-24(13-17)12-16-7-5-4-6-8-16/h4-8,14-15,17H,9-13H2,1-3H3,(H,20,26). The van der Waals surface area contributed by atoms with E-state index < -0.39 is 0 Å². The van der Waals surface area contributed by atoms with E-state index in [0.717, 1.165) is 32.6 Å². The lowest BCUT2D eigenvalue weighted by molar-refractivity contribution is -0.120. The van der Waals surface area contributed by atoms with Crippen LogP contribution >= 0.6 is 11.8 Å². The zero-order chi connectivity index (χ0) is 19.2. The lowest BCUT2D eigenvalue weighted by Gasteiger charge is -2.18. The third kappa shape index (κ3) is 5.77. The average molecular weight is 389 g/mol. The molecule has 1 amide bonds. The number of benzene rings is 1. The first-order chi connectivity index (χ1) is 13.0. The molecule has 27 heavy (non-hydrogen) atoms. The van der Waals surface area contributed by atoms with E-state index in [0.29, 0.717) is 11.1 Å². The summed E-state index contributed by atoms with van der Waals surface area (Å²) in [6, 6.07) is 10.7. The topological polar surface area (TPSA) is 75.9 Å². The van der Waals surface area contributed by atoms with Gasteiger partial charge in [-0.05, 0) is 35.3 Å². The first kappa shape index (κ1) is 19.8. The van der Waals surface area contributed by atoms with Crippen molar-refractivity contribution in [2.45, 2.75) is 56.7 Å². The summed E-state index contributed by atoms with van der Waals surface area (Å²) in [5.74, 6) is 0.497. The van der Waals surface area contributed by atoms with Crippen LogP contribution in [0.2, 0.25) is 0 Å². The van der Waals surface area contributed by atoms with Crippen molar-refractivity contribution in [3.63, 3.8) is 0 Å². The summed E-state index contributed by atoms with van der Waals surface area (Å²) in [6.07, 6.45) is 0.987. The van der Waals surface area contributed by atoms with Crippen molar-refractivity contribution >= 4 is 17.7 Å². The van der Waals surface area contributed by atoms with Crippen molar-refractivity contribution in [1.29, 1.82) is 0 Å². The number of amides is 1. The molecule has 1 aliphatic rings. The molecule has 0 spiro atoms. The molecule has 2 unspecified atom stereocenters. The third-order valence-corrected chi connectivity index (χ3v) is 5.63. The van der Waals surface area contributed by atoms with Crippen molar-refractivity contribution in [2.75, 3.05) is 13.1 Å². The zero-order valence-electron chi connectivity index (χ0n) is 16.2. The number of tetrazole rings is 1. The number of thioether (sulfide) groups is 1. The Kier molecular flexibility index (Phi) is 6.84. The van der Waals surface area contributed by atoms with E-state index in [1.807, 2.05) is 13.0 Å². The van der Waals surface area contributed by atoms with Gasteiger partial charge in [0.15, 0.2) is 0 Å². The first-order valence-electron chi connectivity index (χ1n) is 9.50. The minimum Gasteiger partial charge on any atom is -0.351 e. The van der Waals surface area contributed by atoms with Crippen molar-refractivity contribution in [2.24, 2.45) is 5.92 Å². The molecule has 1 aromatic heterocycles. The predicted octanol–water partition coefficient (Wildman–Crippen LogP) is 2.20. The molecule has 146 valence electrons. The first-order valence-corrected chi connectivity index (χ1v) is 10.4. The molecule has 2 atom stereocenters. The van der Waals surface area contributed by atoms with Gasteiger partial charge in [-0.2, -0.15) is 0 Å². The van der Waals surface area contributed by atoms with E-state index in [1.165, 1.54) is 17.3 Å². The van der Waals surface area contributed by atoms with Crippen molar-refractivity contribution in [3.05, 3.63) is 35.9 Å². The molecule has 3 rings (SSSR count). The molecule has 1 saturated heterocycles. The summed E-state index contributed by atoms with van der Waals surface area (Å²) < 4.78 is 1.77. The van der Waals surface area contributed by atoms with Crippen LogP contribution in [0.4, 0.5) is 0 Å². The molecule has 1 aliphatic heterocycles. The highest BCUT2D eigenvalue weighted by atomic mass is 32.2. The van der Waals surface area contributed by atoms with Crippen LogP contribution in [0.15, 0.2) is 35.5 Å². The summed E-state index contributed by atoms with van der Waals surface area (Å²) in [5.41, 5.74) is 1.31. The molecule has 1 N–H and O–H groups in total. The fourth-order valence-electron chi connectivity index (χ4n) is 3.21. The molecule has 8 heteroatoms. The number of carbonyl (C=O) groups is 1. The van der Waals surface area contributed by atoms with Gasteiger partial charge in [0, 0.05) is 32.2 Å². The Balaban J connectivity index is 1.47. The van der Waals surface area contributed by atoms with Gasteiger partial charge in [-0.1, -0.05) is 55.9 Å². The Labute approximate surface area is 164 Å². The summed E-state index contributed by atoms with van der Waals surface area (Å²) in [5, 5.41) is 15.5. The number of rotatable bonds is 8. The Morgan fingerprint density at radius 2 is 2.07 bits per heavy atom.